The number of fused-ring (bicyclic) bond motifs is 1. The number of carbonyl (C=O) groups excluding carboxylic acids is 1. The maximum absolute atomic E-state index is 12.9. The van der Waals surface area contributed by atoms with Crippen molar-refractivity contribution >= 4 is 5.91 Å². The average Bonchev–Trinajstić information content (AvgIpc) is 3.07. The molecule has 2 saturated heterocycles. The van der Waals surface area contributed by atoms with Gasteiger partial charge in [0.15, 0.2) is 0 Å². The van der Waals surface area contributed by atoms with E-state index in [4.69, 9.17) is 4.74 Å². The van der Waals surface area contributed by atoms with Gasteiger partial charge < -0.3 is 14.5 Å². The fourth-order valence-electron chi connectivity index (χ4n) is 4.27. The highest BCUT2D eigenvalue weighted by atomic mass is 16.5. The van der Waals surface area contributed by atoms with Gasteiger partial charge >= 0.3 is 0 Å². The van der Waals surface area contributed by atoms with Crippen molar-refractivity contribution in [3.05, 3.63) is 18.0 Å². The molecule has 0 unspecified atom stereocenters. The van der Waals surface area contributed by atoms with Gasteiger partial charge in [0.1, 0.15) is 5.69 Å². The van der Waals surface area contributed by atoms with Crippen molar-refractivity contribution in [1.82, 2.24) is 19.6 Å². The van der Waals surface area contributed by atoms with Crippen molar-refractivity contribution in [2.75, 3.05) is 33.3 Å². The van der Waals surface area contributed by atoms with Crippen LogP contribution in [-0.4, -0.2) is 70.9 Å². The number of ether oxygens (including phenoxy) is 1. The Bertz CT molecular complexity index is 583. The third kappa shape index (κ3) is 2.90. The van der Waals surface area contributed by atoms with Crippen LogP contribution in [0.3, 0.4) is 0 Å². The molecule has 1 aliphatic carbocycles. The van der Waals surface area contributed by atoms with Crippen molar-refractivity contribution < 1.29 is 9.53 Å². The van der Waals surface area contributed by atoms with Gasteiger partial charge in [0, 0.05) is 52.5 Å². The number of methoxy groups -OCH3 is 1. The molecule has 1 saturated carbocycles. The fraction of sp³-hybridized carbons (Fsp3) is 0.765. The summed E-state index contributed by atoms with van der Waals surface area (Å²) in [6.07, 6.45) is 5.78. The first-order valence-electron chi connectivity index (χ1n) is 8.71. The second-order valence-electron chi connectivity index (χ2n) is 7.33. The number of piperidine rings is 1. The quantitative estimate of drug-likeness (QED) is 0.831. The third-order valence-electron chi connectivity index (χ3n) is 5.65. The molecular weight excluding hydrogens is 292 g/mol. The Morgan fingerprint density at radius 1 is 1.35 bits per heavy atom. The van der Waals surface area contributed by atoms with Crippen molar-refractivity contribution in [2.45, 2.75) is 31.4 Å². The van der Waals surface area contributed by atoms with E-state index in [1.54, 1.807) is 4.68 Å². The molecule has 3 aliphatic rings. The van der Waals surface area contributed by atoms with Crippen LogP contribution in [0.2, 0.25) is 0 Å². The molecule has 1 aromatic rings. The molecule has 3 heterocycles. The van der Waals surface area contributed by atoms with Gasteiger partial charge in [0.05, 0.1) is 12.1 Å². The Hall–Kier alpha value is -1.40. The zero-order valence-corrected chi connectivity index (χ0v) is 14.0. The maximum Gasteiger partial charge on any atom is 0.274 e. The Kier molecular flexibility index (Phi) is 3.89. The fourth-order valence-corrected chi connectivity index (χ4v) is 4.27. The first-order valence-corrected chi connectivity index (χ1v) is 8.71. The molecule has 126 valence electrons. The smallest absolute Gasteiger partial charge is 0.274 e. The minimum Gasteiger partial charge on any atom is -0.381 e. The maximum atomic E-state index is 12.9. The number of hydrogen-bond donors (Lipinski definition) is 0. The lowest BCUT2D eigenvalue weighted by Gasteiger charge is -2.40. The molecule has 6 nitrogen and oxygen atoms in total. The van der Waals surface area contributed by atoms with Gasteiger partial charge in [-0.15, -0.1) is 0 Å². The van der Waals surface area contributed by atoms with Crippen LogP contribution in [0.1, 0.15) is 29.8 Å². The van der Waals surface area contributed by atoms with E-state index >= 15 is 0 Å². The van der Waals surface area contributed by atoms with Gasteiger partial charge in [-0.25, -0.2) is 0 Å². The molecule has 6 heteroatoms. The van der Waals surface area contributed by atoms with Crippen LogP contribution in [0.5, 0.6) is 0 Å². The summed E-state index contributed by atoms with van der Waals surface area (Å²) in [4.78, 5) is 17.5. The zero-order valence-electron chi connectivity index (χ0n) is 14.0. The number of aromatic nitrogens is 2. The predicted octanol–water partition coefficient (Wildman–Crippen LogP) is 0.991. The molecular formula is C17H26N4O2. The van der Waals surface area contributed by atoms with Gasteiger partial charge in [-0.1, -0.05) is 0 Å². The monoisotopic (exact) mass is 318 g/mol. The number of likely N-dealkylation sites (tertiary alicyclic amines) is 2. The molecule has 3 atom stereocenters. The molecule has 4 rings (SSSR count). The minimum absolute atomic E-state index is 0.0726. The molecule has 23 heavy (non-hydrogen) atoms. The van der Waals surface area contributed by atoms with Crippen molar-refractivity contribution in [3.63, 3.8) is 0 Å². The second kappa shape index (κ2) is 5.91. The minimum atomic E-state index is 0.0726. The lowest BCUT2D eigenvalue weighted by molar-refractivity contribution is -0.0158. The number of amides is 1. The Balaban J connectivity index is 1.52. The SMILES string of the molecule is CO[C@@H]1CCN(C(=O)c2ccn(C)n2)[C@H]2CN(CC3CC3)C[C@@H]12. The topological polar surface area (TPSA) is 50.6 Å². The van der Waals surface area contributed by atoms with Crippen molar-refractivity contribution in [1.29, 1.82) is 0 Å². The molecule has 0 spiro atoms. The van der Waals surface area contributed by atoms with Crippen LogP contribution in [0.25, 0.3) is 0 Å². The van der Waals surface area contributed by atoms with E-state index in [0.717, 1.165) is 32.0 Å². The van der Waals surface area contributed by atoms with Crippen LogP contribution in [0, 0.1) is 11.8 Å². The molecule has 0 N–H and O–H groups in total. The van der Waals surface area contributed by atoms with E-state index in [1.807, 2.05) is 26.4 Å². The lowest BCUT2D eigenvalue weighted by Crippen LogP contribution is -2.53. The summed E-state index contributed by atoms with van der Waals surface area (Å²) in [6, 6.07) is 2.08. The molecule has 3 fully saturated rings. The molecule has 1 aromatic heterocycles. The first-order chi connectivity index (χ1) is 11.2. The normalized spacial score (nSPS) is 31.4. The number of hydrogen-bond acceptors (Lipinski definition) is 4. The van der Waals surface area contributed by atoms with Crippen molar-refractivity contribution in [2.24, 2.45) is 18.9 Å². The molecule has 0 aromatic carbocycles. The van der Waals surface area contributed by atoms with Gasteiger partial charge in [-0.3, -0.25) is 9.48 Å². The van der Waals surface area contributed by atoms with Gasteiger partial charge in [0.2, 0.25) is 0 Å². The number of carbonyl (C=O) groups is 1. The van der Waals surface area contributed by atoms with E-state index in [-0.39, 0.29) is 18.1 Å². The Morgan fingerprint density at radius 2 is 2.17 bits per heavy atom. The van der Waals surface area contributed by atoms with Crippen LogP contribution >= 0.6 is 0 Å². The van der Waals surface area contributed by atoms with Gasteiger partial charge in [0.25, 0.3) is 5.91 Å². The summed E-state index contributed by atoms with van der Waals surface area (Å²) in [6.45, 7) is 4.01. The van der Waals surface area contributed by atoms with Crippen LogP contribution in [0.15, 0.2) is 12.3 Å². The Morgan fingerprint density at radius 3 is 2.83 bits per heavy atom. The number of nitrogens with zero attached hydrogens (tertiary/aromatic N) is 4. The summed E-state index contributed by atoms with van der Waals surface area (Å²) in [5, 5.41) is 4.30. The summed E-state index contributed by atoms with van der Waals surface area (Å²) in [5.74, 6) is 1.39. The van der Waals surface area contributed by atoms with Crippen molar-refractivity contribution in [3.8, 4) is 0 Å². The summed E-state index contributed by atoms with van der Waals surface area (Å²) in [5.41, 5.74) is 0.558. The van der Waals surface area contributed by atoms with Crippen LogP contribution in [-0.2, 0) is 11.8 Å². The third-order valence-corrected chi connectivity index (χ3v) is 5.65. The summed E-state index contributed by atoms with van der Waals surface area (Å²) >= 11 is 0. The van der Waals surface area contributed by atoms with E-state index in [9.17, 15) is 4.79 Å². The standard InChI is InChI=1S/C17H26N4O2/c1-19-7-5-14(18-19)17(22)21-8-6-16(23-2)13-10-20(11-15(13)21)9-12-3-4-12/h5,7,12-13,15-16H,3-4,6,8-11H2,1-2H3/t13-,15+,16-/m1/s1. The average molecular weight is 318 g/mol. The summed E-state index contributed by atoms with van der Waals surface area (Å²) < 4.78 is 7.42. The van der Waals surface area contributed by atoms with Gasteiger partial charge in [-0.2, -0.15) is 5.10 Å². The van der Waals surface area contributed by atoms with E-state index in [2.05, 4.69) is 14.9 Å². The highest BCUT2D eigenvalue weighted by Crippen LogP contribution is 2.36. The number of rotatable bonds is 4. The molecule has 0 radical (unpaired) electrons. The highest BCUT2D eigenvalue weighted by Gasteiger charge is 2.47. The van der Waals surface area contributed by atoms with E-state index in [1.165, 1.54) is 19.4 Å². The molecule has 0 bridgehead atoms. The van der Waals surface area contributed by atoms with Crippen LogP contribution < -0.4 is 0 Å². The molecule has 2 aliphatic heterocycles. The molecule has 1 amide bonds. The van der Waals surface area contributed by atoms with E-state index in [0.29, 0.717) is 11.6 Å². The Labute approximate surface area is 137 Å². The largest absolute Gasteiger partial charge is 0.381 e. The predicted molar refractivity (Wildman–Crippen MR) is 86.1 cm³/mol. The highest BCUT2D eigenvalue weighted by molar-refractivity contribution is 5.92. The first kappa shape index (κ1) is 15.1. The lowest BCUT2D eigenvalue weighted by atomic mass is 9.89. The van der Waals surface area contributed by atoms with Gasteiger partial charge in [-0.05, 0) is 31.2 Å². The number of aryl methyl sites for hydroxylation is 1. The zero-order chi connectivity index (χ0) is 16.0. The summed E-state index contributed by atoms with van der Waals surface area (Å²) in [7, 11) is 3.66. The van der Waals surface area contributed by atoms with E-state index < -0.39 is 0 Å². The second-order valence-corrected chi connectivity index (χ2v) is 7.33. The van der Waals surface area contributed by atoms with Crippen LogP contribution in [0.4, 0.5) is 0 Å².